The van der Waals surface area contributed by atoms with E-state index in [4.69, 9.17) is 4.74 Å². The van der Waals surface area contributed by atoms with Crippen molar-refractivity contribution in [1.29, 1.82) is 0 Å². The zero-order chi connectivity index (χ0) is 11.1. The van der Waals surface area contributed by atoms with Gasteiger partial charge in [-0.25, -0.2) is 0 Å². The Hall–Kier alpha value is -1.10. The predicted molar refractivity (Wildman–Crippen MR) is 53.2 cm³/mol. The van der Waals surface area contributed by atoms with E-state index in [1.807, 2.05) is 0 Å². The highest BCUT2D eigenvalue weighted by Crippen LogP contribution is 2.12. The van der Waals surface area contributed by atoms with Crippen molar-refractivity contribution in [3.05, 3.63) is 0 Å². The van der Waals surface area contributed by atoms with Crippen LogP contribution in [0.3, 0.4) is 0 Å². The van der Waals surface area contributed by atoms with E-state index in [0.29, 0.717) is 13.2 Å². The number of hydrogen-bond donors (Lipinski definition) is 1. The normalized spacial score (nSPS) is 20.7. The Morgan fingerprint density at radius 3 is 2.87 bits per heavy atom. The summed E-state index contributed by atoms with van der Waals surface area (Å²) in [5.74, 6) is -0.635. The average molecular weight is 215 g/mol. The first-order valence-electron chi connectivity index (χ1n) is 5.29. The van der Waals surface area contributed by atoms with E-state index in [1.165, 1.54) is 0 Å². The molecular weight excluding hydrogens is 198 g/mol. The van der Waals surface area contributed by atoms with Crippen molar-refractivity contribution in [3.8, 4) is 0 Å². The van der Waals surface area contributed by atoms with Crippen LogP contribution in [-0.4, -0.2) is 37.7 Å². The van der Waals surface area contributed by atoms with E-state index in [2.05, 4.69) is 10.1 Å². The van der Waals surface area contributed by atoms with Gasteiger partial charge in [-0.05, 0) is 26.2 Å². The van der Waals surface area contributed by atoms with Gasteiger partial charge in [-0.15, -0.1) is 0 Å². The predicted octanol–water partition coefficient (Wildman–Crippen LogP) is 0.235. The van der Waals surface area contributed by atoms with Crippen molar-refractivity contribution in [2.45, 2.75) is 32.3 Å². The van der Waals surface area contributed by atoms with Crippen LogP contribution in [0, 0.1) is 0 Å². The maximum Gasteiger partial charge on any atom is 0.325 e. The molecule has 1 rings (SSSR count). The first-order valence-corrected chi connectivity index (χ1v) is 5.29. The number of esters is 1. The molecule has 1 amide bonds. The second-order valence-electron chi connectivity index (χ2n) is 3.38. The van der Waals surface area contributed by atoms with E-state index < -0.39 is 12.1 Å². The van der Waals surface area contributed by atoms with Crippen LogP contribution >= 0.6 is 0 Å². The Morgan fingerprint density at radius 2 is 2.27 bits per heavy atom. The maximum absolute atomic E-state index is 11.5. The average Bonchev–Trinajstić information content (AvgIpc) is 2.27. The molecule has 1 aliphatic heterocycles. The highest BCUT2D eigenvalue weighted by atomic mass is 16.5. The molecule has 0 aromatic heterocycles. The first kappa shape index (κ1) is 12.0. The fourth-order valence-corrected chi connectivity index (χ4v) is 1.43. The number of ether oxygens (including phenoxy) is 2. The highest BCUT2D eigenvalue weighted by molar-refractivity contribution is 5.84. The third-order valence-electron chi connectivity index (χ3n) is 2.18. The summed E-state index contributed by atoms with van der Waals surface area (Å²) in [7, 11) is 0. The number of nitrogens with one attached hydrogen (secondary N) is 1. The minimum Gasteiger partial charge on any atom is -0.465 e. The molecule has 1 fully saturated rings. The molecule has 1 N–H and O–H groups in total. The Balaban J connectivity index is 2.19. The van der Waals surface area contributed by atoms with Gasteiger partial charge in [-0.1, -0.05) is 0 Å². The van der Waals surface area contributed by atoms with E-state index in [1.54, 1.807) is 6.92 Å². The molecular formula is C10H17NO4. The zero-order valence-corrected chi connectivity index (χ0v) is 8.95. The lowest BCUT2D eigenvalue weighted by molar-refractivity contribution is -0.145. The van der Waals surface area contributed by atoms with Crippen LogP contribution in [0.5, 0.6) is 0 Å². The Kier molecular flexibility index (Phi) is 5.10. The maximum atomic E-state index is 11.5. The third-order valence-corrected chi connectivity index (χ3v) is 2.18. The van der Waals surface area contributed by atoms with E-state index in [-0.39, 0.29) is 12.5 Å². The summed E-state index contributed by atoms with van der Waals surface area (Å²) in [6.45, 7) is 2.60. The van der Waals surface area contributed by atoms with Gasteiger partial charge in [0.15, 0.2) is 0 Å². The lowest BCUT2D eigenvalue weighted by atomic mass is 10.1. The monoisotopic (exact) mass is 215 g/mol. The molecule has 5 nitrogen and oxygen atoms in total. The number of amides is 1. The molecule has 1 aliphatic rings. The van der Waals surface area contributed by atoms with Crippen molar-refractivity contribution in [2.75, 3.05) is 19.8 Å². The largest absolute Gasteiger partial charge is 0.465 e. The fourth-order valence-electron chi connectivity index (χ4n) is 1.43. The third kappa shape index (κ3) is 4.29. The zero-order valence-electron chi connectivity index (χ0n) is 8.95. The summed E-state index contributed by atoms with van der Waals surface area (Å²) in [5, 5.41) is 2.50. The summed E-state index contributed by atoms with van der Waals surface area (Å²) in [6.07, 6.45) is 2.33. The summed E-state index contributed by atoms with van der Waals surface area (Å²) in [6, 6.07) is 0. The van der Waals surface area contributed by atoms with Gasteiger partial charge < -0.3 is 14.8 Å². The summed E-state index contributed by atoms with van der Waals surface area (Å²) in [4.78, 5) is 22.4. The van der Waals surface area contributed by atoms with Crippen molar-refractivity contribution < 1.29 is 19.1 Å². The molecule has 1 atom stereocenters. The van der Waals surface area contributed by atoms with Crippen LogP contribution in [0.1, 0.15) is 26.2 Å². The molecule has 5 heteroatoms. The molecule has 0 aromatic rings. The first-order chi connectivity index (χ1) is 7.24. The lowest BCUT2D eigenvalue weighted by Gasteiger charge is -2.21. The van der Waals surface area contributed by atoms with Crippen molar-refractivity contribution in [1.82, 2.24) is 5.32 Å². The summed E-state index contributed by atoms with van der Waals surface area (Å²) >= 11 is 0. The van der Waals surface area contributed by atoms with Crippen LogP contribution in [0.4, 0.5) is 0 Å². The number of carbonyl (C=O) groups is 2. The van der Waals surface area contributed by atoms with Crippen LogP contribution < -0.4 is 5.32 Å². The van der Waals surface area contributed by atoms with Gasteiger partial charge in [0.05, 0.1) is 6.61 Å². The second kappa shape index (κ2) is 6.40. The molecule has 0 bridgehead atoms. The van der Waals surface area contributed by atoms with Gasteiger partial charge in [0.2, 0.25) is 5.91 Å². The molecule has 0 aromatic carbocycles. The van der Waals surface area contributed by atoms with E-state index in [0.717, 1.165) is 19.3 Å². The van der Waals surface area contributed by atoms with Gasteiger partial charge in [0.25, 0.3) is 0 Å². The van der Waals surface area contributed by atoms with Gasteiger partial charge in [-0.3, -0.25) is 9.59 Å². The minimum absolute atomic E-state index is 0.0769. The number of carbonyl (C=O) groups excluding carboxylic acids is 2. The molecule has 15 heavy (non-hydrogen) atoms. The van der Waals surface area contributed by atoms with Crippen LogP contribution in [0.2, 0.25) is 0 Å². The van der Waals surface area contributed by atoms with Crippen LogP contribution in [0.15, 0.2) is 0 Å². The van der Waals surface area contributed by atoms with E-state index in [9.17, 15) is 9.59 Å². The summed E-state index contributed by atoms with van der Waals surface area (Å²) < 4.78 is 9.95. The van der Waals surface area contributed by atoms with Crippen molar-refractivity contribution in [3.63, 3.8) is 0 Å². The quantitative estimate of drug-likeness (QED) is 0.682. The molecule has 0 spiro atoms. The Morgan fingerprint density at radius 1 is 1.47 bits per heavy atom. The molecule has 0 radical (unpaired) electrons. The van der Waals surface area contributed by atoms with Crippen molar-refractivity contribution in [2.24, 2.45) is 0 Å². The Labute approximate surface area is 89.1 Å². The molecule has 86 valence electrons. The molecule has 0 aliphatic carbocycles. The van der Waals surface area contributed by atoms with Gasteiger partial charge in [-0.2, -0.15) is 0 Å². The molecule has 1 saturated heterocycles. The minimum atomic E-state index is -0.415. The summed E-state index contributed by atoms with van der Waals surface area (Å²) in [5.41, 5.74) is 0. The topological polar surface area (TPSA) is 64.6 Å². The number of rotatable bonds is 4. The second-order valence-corrected chi connectivity index (χ2v) is 3.38. The Bertz CT molecular complexity index is 223. The van der Waals surface area contributed by atoms with Gasteiger partial charge >= 0.3 is 5.97 Å². The van der Waals surface area contributed by atoms with Gasteiger partial charge in [0.1, 0.15) is 12.6 Å². The molecule has 0 saturated carbocycles. The smallest absolute Gasteiger partial charge is 0.325 e. The highest BCUT2D eigenvalue weighted by Gasteiger charge is 2.22. The van der Waals surface area contributed by atoms with E-state index >= 15 is 0 Å². The molecule has 1 unspecified atom stereocenters. The van der Waals surface area contributed by atoms with Crippen LogP contribution in [0.25, 0.3) is 0 Å². The SMILES string of the molecule is CCOC(=O)CNC(=O)C1CCCCO1. The van der Waals surface area contributed by atoms with Crippen molar-refractivity contribution >= 4 is 11.9 Å². The lowest BCUT2D eigenvalue weighted by Crippen LogP contribution is -2.41. The molecule has 1 heterocycles. The van der Waals surface area contributed by atoms with Crippen LogP contribution in [-0.2, 0) is 19.1 Å². The standard InChI is InChI=1S/C10H17NO4/c1-2-14-9(12)7-11-10(13)8-5-3-4-6-15-8/h8H,2-7H2,1H3,(H,11,13). The number of hydrogen-bond acceptors (Lipinski definition) is 4. The fraction of sp³-hybridized carbons (Fsp3) is 0.800. The van der Waals surface area contributed by atoms with Gasteiger partial charge in [0, 0.05) is 6.61 Å².